The van der Waals surface area contributed by atoms with Crippen molar-refractivity contribution in [1.82, 2.24) is 14.9 Å². The van der Waals surface area contributed by atoms with Crippen LogP contribution in [0.15, 0.2) is 4.99 Å². The van der Waals surface area contributed by atoms with Gasteiger partial charge in [-0.1, -0.05) is 0 Å². The van der Waals surface area contributed by atoms with Crippen molar-refractivity contribution in [3.8, 4) is 0 Å². The van der Waals surface area contributed by atoms with Gasteiger partial charge in [0.15, 0.2) is 5.96 Å². The normalized spacial score (nSPS) is 17.7. The van der Waals surface area contributed by atoms with Gasteiger partial charge in [-0.15, -0.1) is 0 Å². The molecule has 1 aliphatic heterocycles. The Morgan fingerprint density at radius 1 is 1.18 bits per heavy atom. The highest BCUT2D eigenvalue weighted by molar-refractivity contribution is 7.90. The molecule has 0 saturated carbocycles. The van der Waals surface area contributed by atoms with E-state index in [1.807, 2.05) is 6.92 Å². The molecule has 166 valence electrons. The van der Waals surface area contributed by atoms with E-state index in [9.17, 15) is 21.6 Å². The molecule has 0 unspecified atom stereocenters. The zero-order valence-corrected chi connectivity index (χ0v) is 17.2. The molecule has 2 N–H and O–H groups in total. The molecule has 0 radical (unpaired) electrons. The molecule has 1 rings (SSSR count). The van der Waals surface area contributed by atoms with Crippen molar-refractivity contribution in [3.63, 3.8) is 0 Å². The van der Waals surface area contributed by atoms with Crippen LogP contribution in [0.2, 0.25) is 0 Å². The van der Waals surface area contributed by atoms with Gasteiger partial charge in [0.05, 0.1) is 13.2 Å². The molecule has 1 saturated heterocycles. The molecule has 8 nitrogen and oxygen atoms in total. The van der Waals surface area contributed by atoms with E-state index in [-0.39, 0.29) is 32.0 Å². The number of alkyl halides is 3. The van der Waals surface area contributed by atoms with Gasteiger partial charge in [0.1, 0.15) is 0 Å². The Kier molecular flexibility index (Phi) is 11.1. The third-order valence-corrected chi connectivity index (χ3v) is 5.80. The lowest BCUT2D eigenvalue weighted by Gasteiger charge is -2.32. The predicted molar refractivity (Wildman–Crippen MR) is 101 cm³/mol. The highest BCUT2D eigenvalue weighted by atomic mass is 32.2. The molecule has 0 aromatic heterocycles. The number of unbranched alkanes of at least 4 members (excludes halogenated alkanes) is 1. The Morgan fingerprint density at radius 3 is 2.43 bits per heavy atom. The smallest absolute Gasteiger partial charge is 0.382 e. The lowest BCUT2D eigenvalue weighted by Crippen LogP contribution is -2.51. The number of hydrogen-bond acceptors (Lipinski definition) is 5. The highest BCUT2D eigenvalue weighted by Gasteiger charge is 2.50. The lowest BCUT2D eigenvalue weighted by molar-refractivity contribution is -0.0494. The van der Waals surface area contributed by atoms with Crippen LogP contribution in [0.25, 0.3) is 0 Å². The highest BCUT2D eigenvalue weighted by Crippen LogP contribution is 2.28. The quantitative estimate of drug-likeness (QED) is 0.291. The fraction of sp³-hybridized carbons (Fsp3) is 0.938. The first kappa shape index (κ1) is 24.9. The zero-order valence-electron chi connectivity index (χ0n) is 16.4. The van der Waals surface area contributed by atoms with Gasteiger partial charge >= 0.3 is 15.5 Å². The maximum absolute atomic E-state index is 12.6. The minimum atomic E-state index is -5.25. The Bertz CT molecular complexity index is 565. The molecule has 1 aliphatic rings. The number of halogens is 3. The van der Waals surface area contributed by atoms with E-state index in [0.29, 0.717) is 43.2 Å². The standard InChI is InChI=1S/C16H31F3N4O4S/c1-3-20-15(21-8-4-5-11-27-13-12-26-2)22-14-6-9-23(10-7-14)28(24,25)16(17,18)19/h14H,3-13H2,1-2H3,(H2,20,21,22). The van der Waals surface area contributed by atoms with E-state index in [2.05, 4.69) is 15.6 Å². The van der Waals surface area contributed by atoms with Crippen LogP contribution in [-0.4, -0.2) is 83.3 Å². The minimum Gasteiger partial charge on any atom is -0.382 e. The second kappa shape index (κ2) is 12.5. The van der Waals surface area contributed by atoms with Crippen LogP contribution in [0, 0.1) is 0 Å². The first-order chi connectivity index (χ1) is 13.2. The van der Waals surface area contributed by atoms with Crippen molar-refractivity contribution in [2.45, 2.75) is 44.2 Å². The number of piperidine rings is 1. The fourth-order valence-corrected chi connectivity index (χ4v) is 3.64. The van der Waals surface area contributed by atoms with Gasteiger partial charge in [0.2, 0.25) is 0 Å². The molecular formula is C16H31F3N4O4S. The first-order valence-corrected chi connectivity index (χ1v) is 10.8. The first-order valence-electron chi connectivity index (χ1n) is 9.40. The summed E-state index contributed by atoms with van der Waals surface area (Å²) in [6.07, 6.45) is 2.27. The number of methoxy groups -OCH3 is 1. The number of guanidine groups is 1. The number of hydrogen-bond donors (Lipinski definition) is 2. The van der Waals surface area contributed by atoms with Crippen molar-refractivity contribution < 1.29 is 31.1 Å². The van der Waals surface area contributed by atoms with E-state index in [0.717, 1.165) is 12.8 Å². The summed E-state index contributed by atoms with van der Waals surface area (Å²) in [7, 11) is -3.63. The third-order valence-electron chi connectivity index (χ3n) is 4.17. The molecule has 28 heavy (non-hydrogen) atoms. The van der Waals surface area contributed by atoms with Gasteiger partial charge in [-0.2, -0.15) is 17.5 Å². The molecule has 12 heteroatoms. The molecule has 1 fully saturated rings. The second-order valence-electron chi connectivity index (χ2n) is 6.34. The summed E-state index contributed by atoms with van der Waals surface area (Å²) in [5.41, 5.74) is -5.25. The molecule has 1 heterocycles. The molecule has 0 atom stereocenters. The number of nitrogens with zero attached hydrogens (tertiary/aromatic N) is 2. The fourth-order valence-electron chi connectivity index (χ4n) is 2.65. The monoisotopic (exact) mass is 432 g/mol. The Hall–Kier alpha value is -1.11. The van der Waals surface area contributed by atoms with Gasteiger partial charge < -0.3 is 20.1 Å². The summed E-state index contributed by atoms with van der Waals surface area (Å²) in [6, 6.07) is -0.130. The third kappa shape index (κ3) is 8.50. The van der Waals surface area contributed by atoms with Crippen LogP contribution < -0.4 is 10.6 Å². The SMILES string of the molecule is CCNC(=NCCCCOCCOC)NC1CCN(S(=O)(=O)C(F)(F)F)CC1. The summed E-state index contributed by atoms with van der Waals surface area (Å²) in [6.45, 7) is 4.57. The van der Waals surface area contributed by atoms with E-state index >= 15 is 0 Å². The van der Waals surface area contributed by atoms with Crippen LogP contribution in [-0.2, 0) is 19.5 Å². The molecule has 0 spiro atoms. The Morgan fingerprint density at radius 2 is 1.86 bits per heavy atom. The predicted octanol–water partition coefficient (Wildman–Crippen LogP) is 1.30. The van der Waals surface area contributed by atoms with Gasteiger partial charge in [0.25, 0.3) is 0 Å². The summed E-state index contributed by atoms with van der Waals surface area (Å²) < 4.78 is 71.5. The topological polar surface area (TPSA) is 92.3 Å². The summed E-state index contributed by atoms with van der Waals surface area (Å²) in [5.74, 6) is 0.583. The molecule has 0 aliphatic carbocycles. The van der Waals surface area contributed by atoms with Gasteiger partial charge in [0, 0.05) is 45.9 Å². The van der Waals surface area contributed by atoms with Crippen molar-refractivity contribution in [3.05, 3.63) is 0 Å². The maximum atomic E-state index is 12.6. The lowest BCUT2D eigenvalue weighted by atomic mass is 10.1. The van der Waals surface area contributed by atoms with Gasteiger partial charge in [-0.05, 0) is 32.6 Å². The van der Waals surface area contributed by atoms with Crippen LogP contribution >= 0.6 is 0 Å². The van der Waals surface area contributed by atoms with E-state index in [1.165, 1.54) is 0 Å². The zero-order chi connectivity index (χ0) is 21.0. The van der Waals surface area contributed by atoms with Crippen LogP contribution in [0.1, 0.15) is 32.6 Å². The van der Waals surface area contributed by atoms with Crippen molar-refractivity contribution in [2.24, 2.45) is 4.99 Å². The molecule has 0 amide bonds. The molecule has 0 bridgehead atoms. The number of aliphatic imine (C=N–C) groups is 1. The van der Waals surface area contributed by atoms with Crippen molar-refractivity contribution >= 4 is 16.0 Å². The number of ether oxygens (including phenoxy) is 2. The van der Waals surface area contributed by atoms with E-state index in [4.69, 9.17) is 9.47 Å². The summed E-state index contributed by atoms with van der Waals surface area (Å²) in [5, 5.41) is 6.27. The molecular weight excluding hydrogens is 401 g/mol. The molecule has 0 aromatic rings. The van der Waals surface area contributed by atoms with Crippen molar-refractivity contribution in [2.75, 3.05) is 53.1 Å². The summed E-state index contributed by atoms with van der Waals surface area (Å²) in [4.78, 5) is 4.45. The average molecular weight is 433 g/mol. The number of sulfonamides is 1. The maximum Gasteiger partial charge on any atom is 0.511 e. The number of nitrogens with one attached hydrogen (secondary N) is 2. The second-order valence-corrected chi connectivity index (χ2v) is 8.27. The van der Waals surface area contributed by atoms with E-state index in [1.54, 1.807) is 7.11 Å². The van der Waals surface area contributed by atoms with Gasteiger partial charge in [-0.25, -0.2) is 8.42 Å². The minimum absolute atomic E-state index is 0.130. The van der Waals surface area contributed by atoms with Gasteiger partial charge in [-0.3, -0.25) is 4.99 Å². The van der Waals surface area contributed by atoms with Crippen LogP contribution in [0.4, 0.5) is 13.2 Å². The Balaban J connectivity index is 2.38. The molecule has 0 aromatic carbocycles. The van der Waals surface area contributed by atoms with Crippen molar-refractivity contribution in [1.29, 1.82) is 0 Å². The Labute approximate surface area is 164 Å². The summed E-state index contributed by atoms with van der Waals surface area (Å²) >= 11 is 0. The van der Waals surface area contributed by atoms with Crippen LogP contribution in [0.5, 0.6) is 0 Å². The average Bonchev–Trinajstić information content (AvgIpc) is 2.63. The largest absolute Gasteiger partial charge is 0.511 e. The van der Waals surface area contributed by atoms with E-state index < -0.39 is 15.5 Å². The number of rotatable bonds is 11. The van der Waals surface area contributed by atoms with Crippen LogP contribution in [0.3, 0.4) is 0 Å².